The second-order valence-corrected chi connectivity index (χ2v) is 4.94. The minimum absolute atomic E-state index is 0.0383. The van der Waals surface area contributed by atoms with Crippen molar-refractivity contribution in [2.24, 2.45) is 0 Å². The Labute approximate surface area is 143 Å². The van der Waals surface area contributed by atoms with Crippen LogP contribution in [0.25, 0.3) is 0 Å². The molecule has 0 unspecified atom stereocenters. The first-order chi connectivity index (χ1) is 11.8. The van der Waals surface area contributed by atoms with Crippen molar-refractivity contribution in [3.63, 3.8) is 0 Å². The molecule has 0 atom stereocenters. The van der Waals surface area contributed by atoms with Gasteiger partial charge in [0.2, 0.25) is 0 Å². The molecule has 1 aromatic carbocycles. The van der Waals surface area contributed by atoms with E-state index in [2.05, 4.69) is 0 Å². The van der Waals surface area contributed by atoms with Gasteiger partial charge < -0.3 is 34.5 Å². The van der Waals surface area contributed by atoms with E-state index in [9.17, 15) is 0 Å². The molecule has 0 saturated heterocycles. The molecule has 0 bridgehead atoms. The molecule has 0 spiro atoms. The number of nitrogen functional groups attached to an aromatic ring is 1. The fraction of sp³-hybridized carbons (Fsp3) is 0.647. The van der Waals surface area contributed by atoms with Gasteiger partial charge in [-0.25, -0.2) is 0 Å². The second kappa shape index (κ2) is 15.2. The Bertz CT molecular complexity index is 387. The van der Waals surface area contributed by atoms with Crippen molar-refractivity contribution in [3.05, 3.63) is 24.3 Å². The highest BCUT2D eigenvalue weighted by molar-refractivity contribution is 5.41. The molecule has 1 aromatic rings. The number of aliphatic hydroxyl groups excluding tert-OH is 1. The van der Waals surface area contributed by atoms with Crippen LogP contribution in [-0.2, 0) is 18.9 Å². The van der Waals surface area contributed by atoms with E-state index in [1.165, 1.54) is 0 Å². The predicted molar refractivity (Wildman–Crippen MR) is 91.3 cm³/mol. The van der Waals surface area contributed by atoms with Crippen molar-refractivity contribution in [3.8, 4) is 5.75 Å². The monoisotopic (exact) mass is 343 g/mol. The third-order valence-electron chi connectivity index (χ3n) is 2.93. The Morgan fingerprint density at radius 1 is 0.667 bits per heavy atom. The highest BCUT2D eigenvalue weighted by atomic mass is 16.6. The molecular weight excluding hydrogens is 314 g/mol. The van der Waals surface area contributed by atoms with E-state index in [-0.39, 0.29) is 6.61 Å². The van der Waals surface area contributed by atoms with Crippen molar-refractivity contribution in [1.82, 2.24) is 0 Å². The number of hydrogen-bond donors (Lipinski definition) is 2. The fourth-order valence-corrected chi connectivity index (χ4v) is 1.74. The zero-order valence-corrected chi connectivity index (χ0v) is 14.2. The summed E-state index contributed by atoms with van der Waals surface area (Å²) < 4.78 is 26.7. The first-order valence-corrected chi connectivity index (χ1v) is 8.23. The number of nitrogens with two attached hydrogens (primary N) is 1. The highest BCUT2D eigenvalue weighted by Crippen LogP contribution is 2.12. The maximum atomic E-state index is 8.51. The van der Waals surface area contributed by atoms with Crippen molar-refractivity contribution < 1.29 is 28.8 Å². The highest BCUT2D eigenvalue weighted by Gasteiger charge is 1.95. The summed E-state index contributed by atoms with van der Waals surface area (Å²) in [5, 5.41) is 8.51. The van der Waals surface area contributed by atoms with E-state index in [1.54, 1.807) is 0 Å². The molecule has 0 fully saturated rings. The van der Waals surface area contributed by atoms with Crippen molar-refractivity contribution in [2.75, 3.05) is 71.8 Å². The molecule has 7 nitrogen and oxygen atoms in total. The summed E-state index contributed by atoms with van der Waals surface area (Å²) in [7, 11) is 0. The zero-order chi connectivity index (χ0) is 17.3. The van der Waals surface area contributed by atoms with Crippen LogP contribution in [0.3, 0.4) is 0 Å². The predicted octanol–water partition coefficient (Wildman–Crippen LogP) is 1.10. The van der Waals surface area contributed by atoms with Gasteiger partial charge in [0, 0.05) is 18.7 Å². The number of anilines is 1. The standard InChI is InChI=1S/C17H29NO6/c18-16-2-4-17(5-3-16)24-8-1-7-20-10-12-22-14-15-23-13-11-21-9-6-19/h2-5,19H,1,6-15,18H2. The number of ether oxygens (including phenoxy) is 5. The molecule has 7 heteroatoms. The molecule has 0 aliphatic carbocycles. The summed E-state index contributed by atoms with van der Waals surface area (Å²) in [5.74, 6) is 0.814. The van der Waals surface area contributed by atoms with Gasteiger partial charge in [-0.05, 0) is 24.3 Å². The smallest absolute Gasteiger partial charge is 0.119 e. The van der Waals surface area contributed by atoms with Crippen molar-refractivity contribution in [2.45, 2.75) is 6.42 Å². The molecule has 138 valence electrons. The van der Waals surface area contributed by atoms with Crippen LogP contribution in [0.4, 0.5) is 5.69 Å². The van der Waals surface area contributed by atoms with Crippen LogP contribution < -0.4 is 10.5 Å². The lowest BCUT2D eigenvalue weighted by atomic mass is 10.3. The van der Waals surface area contributed by atoms with Gasteiger partial charge in [-0.3, -0.25) is 0 Å². The third kappa shape index (κ3) is 12.1. The molecule has 0 saturated carbocycles. The SMILES string of the molecule is Nc1ccc(OCCCOCCOCCOCCOCCO)cc1. The second-order valence-electron chi connectivity index (χ2n) is 4.94. The first-order valence-electron chi connectivity index (χ1n) is 8.23. The molecule has 0 aromatic heterocycles. The summed E-state index contributed by atoms with van der Waals surface area (Å²) in [5.41, 5.74) is 6.33. The summed E-state index contributed by atoms with van der Waals surface area (Å²) in [6.07, 6.45) is 0.821. The van der Waals surface area contributed by atoms with Gasteiger partial charge in [-0.1, -0.05) is 0 Å². The van der Waals surface area contributed by atoms with Gasteiger partial charge in [0.1, 0.15) is 5.75 Å². The average molecular weight is 343 g/mol. The number of aliphatic hydroxyl groups is 1. The van der Waals surface area contributed by atoms with Crippen LogP contribution in [0, 0.1) is 0 Å². The fourth-order valence-electron chi connectivity index (χ4n) is 1.74. The van der Waals surface area contributed by atoms with Crippen LogP contribution in [0.5, 0.6) is 5.75 Å². The van der Waals surface area contributed by atoms with E-state index in [0.717, 1.165) is 17.9 Å². The lowest BCUT2D eigenvalue weighted by Crippen LogP contribution is -2.13. The van der Waals surface area contributed by atoms with Crippen molar-refractivity contribution >= 4 is 5.69 Å². The number of hydrogen-bond acceptors (Lipinski definition) is 7. The normalized spacial score (nSPS) is 10.9. The van der Waals surface area contributed by atoms with E-state index >= 15 is 0 Å². The van der Waals surface area contributed by atoms with Gasteiger partial charge >= 0.3 is 0 Å². The minimum Gasteiger partial charge on any atom is -0.494 e. The molecule has 0 aliphatic rings. The van der Waals surface area contributed by atoms with Gasteiger partial charge in [0.25, 0.3) is 0 Å². The van der Waals surface area contributed by atoms with Gasteiger partial charge in [-0.2, -0.15) is 0 Å². The average Bonchev–Trinajstić information content (AvgIpc) is 2.60. The molecule has 0 amide bonds. The maximum absolute atomic E-state index is 8.51. The Hall–Kier alpha value is -1.38. The number of benzene rings is 1. The van der Waals surface area contributed by atoms with Crippen LogP contribution in [0.2, 0.25) is 0 Å². The summed E-state index contributed by atoms with van der Waals surface area (Å²) in [4.78, 5) is 0. The van der Waals surface area contributed by atoms with Gasteiger partial charge in [-0.15, -0.1) is 0 Å². The van der Waals surface area contributed by atoms with Crippen LogP contribution in [0.1, 0.15) is 6.42 Å². The quantitative estimate of drug-likeness (QED) is 0.343. The molecule has 0 radical (unpaired) electrons. The molecule has 1 rings (SSSR count). The summed E-state index contributed by atoms with van der Waals surface area (Å²) >= 11 is 0. The van der Waals surface area contributed by atoms with E-state index in [0.29, 0.717) is 59.5 Å². The zero-order valence-electron chi connectivity index (χ0n) is 14.2. The van der Waals surface area contributed by atoms with Gasteiger partial charge in [0.15, 0.2) is 0 Å². The molecule has 24 heavy (non-hydrogen) atoms. The third-order valence-corrected chi connectivity index (χ3v) is 2.93. The summed E-state index contributed by atoms with van der Waals surface area (Å²) in [6.45, 7) is 4.79. The first kappa shape index (κ1) is 20.7. The maximum Gasteiger partial charge on any atom is 0.119 e. The van der Waals surface area contributed by atoms with Crippen LogP contribution in [-0.4, -0.2) is 71.2 Å². The molecule has 0 heterocycles. The Morgan fingerprint density at radius 3 is 1.71 bits per heavy atom. The molecule has 0 aliphatic heterocycles. The number of rotatable bonds is 16. The topological polar surface area (TPSA) is 92.4 Å². The van der Waals surface area contributed by atoms with Gasteiger partial charge in [0.05, 0.1) is 59.5 Å². The minimum atomic E-state index is 0.0383. The largest absolute Gasteiger partial charge is 0.494 e. The Kier molecular flexibility index (Phi) is 13.1. The lowest BCUT2D eigenvalue weighted by molar-refractivity contribution is -0.00624. The lowest BCUT2D eigenvalue weighted by Gasteiger charge is -2.08. The molecule has 3 N–H and O–H groups in total. The van der Waals surface area contributed by atoms with Crippen LogP contribution in [0.15, 0.2) is 24.3 Å². The van der Waals surface area contributed by atoms with Crippen LogP contribution >= 0.6 is 0 Å². The van der Waals surface area contributed by atoms with Crippen molar-refractivity contribution in [1.29, 1.82) is 0 Å². The van der Waals surface area contributed by atoms with E-state index in [4.69, 9.17) is 34.5 Å². The molecular formula is C17H29NO6. The Balaban J connectivity index is 1.75. The van der Waals surface area contributed by atoms with E-state index in [1.807, 2.05) is 24.3 Å². The van der Waals surface area contributed by atoms with E-state index < -0.39 is 0 Å². The Morgan fingerprint density at radius 2 is 1.17 bits per heavy atom. The summed E-state index contributed by atoms with van der Waals surface area (Å²) in [6, 6.07) is 7.33.